The predicted molar refractivity (Wildman–Crippen MR) is 45.6 cm³/mol. The van der Waals surface area contributed by atoms with Crippen LogP contribution in [0.5, 0.6) is 0 Å². The average molecular weight is 169 g/mol. The van der Waals surface area contributed by atoms with E-state index in [-0.39, 0.29) is 17.6 Å². The third-order valence-corrected chi connectivity index (χ3v) is 2.16. The van der Waals surface area contributed by atoms with Crippen LogP contribution in [0, 0.1) is 5.92 Å². The molecule has 1 fully saturated rings. The summed E-state index contributed by atoms with van der Waals surface area (Å²) in [5.74, 6) is 0.0681. The first-order chi connectivity index (χ1) is 5.48. The molecule has 1 amide bonds. The maximum Gasteiger partial charge on any atom is 0.217 e. The van der Waals surface area contributed by atoms with E-state index in [0.717, 1.165) is 12.8 Å². The minimum Gasteiger partial charge on any atom is -0.344 e. The lowest BCUT2D eigenvalue weighted by molar-refractivity contribution is -0.129. The van der Waals surface area contributed by atoms with E-state index >= 15 is 0 Å². The monoisotopic (exact) mass is 169 g/mol. The van der Waals surface area contributed by atoms with Gasteiger partial charge in [-0.1, -0.05) is 13.8 Å². The maximum atomic E-state index is 11.5. The summed E-state index contributed by atoms with van der Waals surface area (Å²) in [5, 5.41) is 2.72. The van der Waals surface area contributed by atoms with Crippen molar-refractivity contribution in [3.05, 3.63) is 0 Å². The minimum atomic E-state index is -0.486. The van der Waals surface area contributed by atoms with Crippen molar-refractivity contribution in [2.45, 2.75) is 39.2 Å². The summed E-state index contributed by atoms with van der Waals surface area (Å²) in [6.07, 6.45) is 1.62. The van der Waals surface area contributed by atoms with Crippen molar-refractivity contribution in [2.24, 2.45) is 5.92 Å². The highest BCUT2D eigenvalue weighted by atomic mass is 16.2. The number of hydrogen-bond donors (Lipinski definition) is 1. The van der Waals surface area contributed by atoms with Gasteiger partial charge in [0.25, 0.3) is 0 Å². The van der Waals surface area contributed by atoms with E-state index in [1.807, 2.05) is 13.8 Å². The van der Waals surface area contributed by atoms with Crippen LogP contribution in [0.4, 0.5) is 0 Å². The van der Waals surface area contributed by atoms with Crippen molar-refractivity contribution in [1.29, 1.82) is 0 Å². The number of carbonyl (C=O) groups excluding carboxylic acids is 2. The molecular formula is C9H15NO2. The molecule has 0 aromatic heterocycles. The Bertz CT molecular complexity index is 217. The van der Waals surface area contributed by atoms with Gasteiger partial charge < -0.3 is 5.32 Å². The van der Waals surface area contributed by atoms with Crippen LogP contribution in [0.25, 0.3) is 0 Å². The molecule has 3 nitrogen and oxygen atoms in total. The molecule has 0 saturated heterocycles. The molecule has 68 valence electrons. The van der Waals surface area contributed by atoms with Crippen molar-refractivity contribution in [3.63, 3.8) is 0 Å². The van der Waals surface area contributed by atoms with E-state index in [1.165, 1.54) is 6.92 Å². The van der Waals surface area contributed by atoms with E-state index in [4.69, 9.17) is 0 Å². The normalized spacial score (nSPS) is 19.0. The van der Waals surface area contributed by atoms with E-state index in [1.54, 1.807) is 0 Å². The molecule has 0 heterocycles. The van der Waals surface area contributed by atoms with Gasteiger partial charge in [0.1, 0.15) is 0 Å². The topological polar surface area (TPSA) is 46.2 Å². The number of rotatable bonds is 3. The van der Waals surface area contributed by atoms with Crippen molar-refractivity contribution in [1.82, 2.24) is 5.32 Å². The predicted octanol–water partition coefficient (Wildman–Crippen LogP) is 0.880. The first-order valence-corrected chi connectivity index (χ1v) is 4.31. The Kier molecular flexibility index (Phi) is 2.22. The van der Waals surface area contributed by atoms with Gasteiger partial charge in [-0.05, 0) is 12.8 Å². The Morgan fingerprint density at radius 1 is 1.33 bits per heavy atom. The Labute approximate surface area is 72.5 Å². The van der Waals surface area contributed by atoms with Gasteiger partial charge in [0, 0.05) is 12.8 Å². The van der Waals surface area contributed by atoms with Crippen molar-refractivity contribution >= 4 is 11.7 Å². The fraction of sp³-hybridized carbons (Fsp3) is 0.778. The van der Waals surface area contributed by atoms with Gasteiger partial charge in [0.15, 0.2) is 5.78 Å². The van der Waals surface area contributed by atoms with Crippen LogP contribution in [-0.4, -0.2) is 17.2 Å². The van der Waals surface area contributed by atoms with Crippen LogP contribution in [-0.2, 0) is 9.59 Å². The van der Waals surface area contributed by atoms with E-state index in [9.17, 15) is 9.59 Å². The molecule has 0 aromatic rings. The van der Waals surface area contributed by atoms with Crippen molar-refractivity contribution in [2.75, 3.05) is 0 Å². The highest BCUT2D eigenvalue weighted by molar-refractivity contribution is 5.96. The smallest absolute Gasteiger partial charge is 0.217 e. The lowest BCUT2D eigenvalue weighted by Gasteiger charge is -2.16. The lowest BCUT2D eigenvalue weighted by atomic mass is 10.00. The van der Waals surface area contributed by atoms with Crippen LogP contribution in [0.15, 0.2) is 0 Å². The number of amides is 1. The summed E-state index contributed by atoms with van der Waals surface area (Å²) in [6.45, 7) is 5.18. The molecule has 3 heteroatoms. The molecule has 1 aliphatic rings. The van der Waals surface area contributed by atoms with Gasteiger partial charge in [-0.2, -0.15) is 0 Å². The lowest BCUT2D eigenvalue weighted by Crippen LogP contribution is -2.43. The van der Waals surface area contributed by atoms with Crippen LogP contribution in [0.2, 0.25) is 0 Å². The Hall–Kier alpha value is -0.860. The molecule has 1 saturated carbocycles. The molecule has 12 heavy (non-hydrogen) atoms. The molecule has 0 atom stereocenters. The highest BCUT2D eigenvalue weighted by Gasteiger charge is 2.50. The minimum absolute atomic E-state index is 0.0133. The Balaban J connectivity index is 2.60. The zero-order valence-electron chi connectivity index (χ0n) is 7.81. The first-order valence-electron chi connectivity index (χ1n) is 4.31. The summed E-state index contributed by atoms with van der Waals surface area (Å²) >= 11 is 0. The molecule has 1 aliphatic carbocycles. The standard InChI is InChI=1S/C9H15NO2/c1-6(2)8(12)9(4-5-9)10-7(3)11/h6H,4-5H2,1-3H3,(H,10,11). The largest absolute Gasteiger partial charge is 0.344 e. The summed E-state index contributed by atoms with van der Waals surface area (Å²) in [6, 6.07) is 0. The molecule has 0 spiro atoms. The number of carbonyl (C=O) groups is 2. The number of ketones is 1. The summed E-state index contributed by atoms with van der Waals surface area (Å²) in [5.41, 5.74) is -0.486. The van der Waals surface area contributed by atoms with Gasteiger partial charge in [0.2, 0.25) is 5.91 Å². The summed E-state index contributed by atoms with van der Waals surface area (Å²) in [7, 11) is 0. The third kappa shape index (κ3) is 1.65. The Morgan fingerprint density at radius 2 is 1.83 bits per heavy atom. The zero-order valence-corrected chi connectivity index (χ0v) is 7.81. The number of Topliss-reactive ketones (excluding diaryl/α,β-unsaturated/α-hetero) is 1. The zero-order chi connectivity index (χ0) is 9.35. The van der Waals surface area contributed by atoms with Gasteiger partial charge in [0.05, 0.1) is 5.54 Å². The van der Waals surface area contributed by atoms with E-state index in [0.29, 0.717) is 0 Å². The second kappa shape index (κ2) is 2.88. The second-order valence-electron chi connectivity index (χ2n) is 3.78. The molecule has 0 bridgehead atoms. The third-order valence-electron chi connectivity index (χ3n) is 2.16. The fourth-order valence-corrected chi connectivity index (χ4v) is 1.45. The first kappa shape index (κ1) is 9.23. The van der Waals surface area contributed by atoms with E-state index in [2.05, 4.69) is 5.32 Å². The molecule has 0 aromatic carbocycles. The van der Waals surface area contributed by atoms with Gasteiger partial charge in [-0.3, -0.25) is 9.59 Å². The molecule has 0 unspecified atom stereocenters. The average Bonchev–Trinajstić information content (AvgIpc) is 2.66. The summed E-state index contributed by atoms with van der Waals surface area (Å²) in [4.78, 5) is 22.3. The van der Waals surface area contributed by atoms with Gasteiger partial charge in [-0.25, -0.2) is 0 Å². The SMILES string of the molecule is CC(=O)NC1(C(=O)C(C)C)CC1. The van der Waals surface area contributed by atoms with Crippen molar-refractivity contribution < 1.29 is 9.59 Å². The molecule has 0 aliphatic heterocycles. The second-order valence-corrected chi connectivity index (χ2v) is 3.78. The number of nitrogens with one attached hydrogen (secondary N) is 1. The molecular weight excluding hydrogens is 154 g/mol. The highest BCUT2D eigenvalue weighted by Crippen LogP contribution is 2.38. The van der Waals surface area contributed by atoms with Crippen LogP contribution in [0.3, 0.4) is 0 Å². The molecule has 1 N–H and O–H groups in total. The quantitative estimate of drug-likeness (QED) is 0.681. The summed E-state index contributed by atoms with van der Waals surface area (Å²) < 4.78 is 0. The van der Waals surface area contributed by atoms with Crippen LogP contribution < -0.4 is 5.32 Å². The van der Waals surface area contributed by atoms with Gasteiger partial charge >= 0.3 is 0 Å². The number of hydrogen-bond acceptors (Lipinski definition) is 2. The van der Waals surface area contributed by atoms with Crippen LogP contribution in [0.1, 0.15) is 33.6 Å². The van der Waals surface area contributed by atoms with E-state index < -0.39 is 5.54 Å². The van der Waals surface area contributed by atoms with Crippen LogP contribution >= 0.6 is 0 Å². The maximum absolute atomic E-state index is 11.5. The Morgan fingerprint density at radius 3 is 2.08 bits per heavy atom. The fourth-order valence-electron chi connectivity index (χ4n) is 1.45. The van der Waals surface area contributed by atoms with Gasteiger partial charge in [-0.15, -0.1) is 0 Å². The molecule has 0 radical (unpaired) electrons. The molecule has 1 rings (SSSR count). The van der Waals surface area contributed by atoms with Crippen molar-refractivity contribution in [3.8, 4) is 0 Å².